The number of aliphatic carboxylic acids is 2. The van der Waals surface area contributed by atoms with Gasteiger partial charge in [0.2, 0.25) is 0 Å². The third kappa shape index (κ3) is 9.67. The molecule has 1 aliphatic rings. The molecule has 1 atom stereocenters. The number of benzene rings is 2. The van der Waals surface area contributed by atoms with Crippen molar-refractivity contribution in [3.8, 4) is 11.5 Å². The molecule has 3 N–H and O–H groups in total. The van der Waals surface area contributed by atoms with Crippen LogP contribution in [0, 0.1) is 0 Å². The molecule has 0 radical (unpaired) electrons. The molecule has 0 saturated carbocycles. The van der Waals surface area contributed by atoms with E-state index in [2.05, 4.69) is 35.6 Å². The largest absolute Gasteiger partial charge is 0.496 e. The molecule has 2 aromatic carbocycles. The average molecular weight is 478 g/mol. The quantitative estimate of drug-likeness (QED) is 0.280. The predicted molar refractivity (Wildman–Crippen MR) is 127 cm³/mol. The van der Waals surface area contributed by atoms with Crippen LogP contribution in [0.3, 0.4) is 0 Å². The van der Waals surface area contributed by atoms with Crippen LogP contribution in [0.5, 0.6) is 11.5 Å². The fourth-order valence-corrected chi connectivity index (χ4v) is 4.69. The highest BCUT2D eigenvalue weighted by atomic mass is 32.2. The Morgan fingerprint density at radius 3 is 2.56 bits per heavy atom. The third-order valence-corrected chi connectivity index (χ3v) is 6.54. The van der Waals surface area contributed by atoms with E-state index in [4.69, 9.17) is 19.7 Å². The van der Waals surface area contributed by atoms with Gasteiger partial charge in [0.05, 0.1) is 13.2 Å². The van der Waals surface area contributed by atoms with Crippen LogP contribution in [0.2, 0.25) is 0 Å². The van der Waals surface area contributed by atoms with E-state index in [0.717, 1.165) is 42.6 Å². The zero-order chi connectivity index (χ0) is 23.2. The van der Waals surface area contributed by atoms with Gasteiger partial charge in [-0.05, 0) is 43.0 Å². The van der Waals surface area contributed by atoms with Crippen molar-refractivity contribution >= 4 is 35.5 Å². The van der Waals surface area contributed by atoms with Crippen LogP contribution in [0.25, 0.3) is 0 Å². The zero-order valence-electron chi connectivity index (χ0n) is 17.7. The molecule has 0 amide bonds. The summed E-state index contributed by atoms with van der Waals surface area (Å²) in [6, 6.07) is 16.9. The highest BCUT2D eigenvalue weighted by molar-refractivity contribution is 7.99. The first kappa shape index (κ1) is 25.6. The summed E-state index contributed by atoms with van der Waals surface area (Å²) in [5.41, 5.74) is 0. The molecular weight excluding hydrogens is 450 g/mol. The van der Waals surface area contributed by atoms with Crippen molar-refractivity contribution in [1.82, 2.24) is 5.32 Å². The fourth-order valence-electron chi connectivity index (χ4n) is 2.68. The maximum atomic E-state index is 9.55. The monoisotopic (exact) mass is 477 g/mol. The normalized spacial score (nSPS) is 15.0. The Morgan fingerprint density at radius 1 is 1.16 bits per heavy atom. The van der Waals surface area contributed by atoms with Gasteiger partial charge in [-0.15, -0.1) is 23.5 Å². The molecule has 172 valence electrons. The predicted octanol–water partition coefficient (Wildman–Crippen LogP) is 4.03. The third-order valence-electron chi connectivity index (χ3n) is 4.18. The van der Waals surface area contributed by atoms with Crippen LogP contribution in [-0.4, -0.2) is 60.0 Å². The van der Waals surface area contributed by atoms with Crippen LogP contribution in [0.4, 0.5) is 0 Å². The van der Waals surface area contributed by atoms with Gasteiger partial charge in [-0.25, -0.2) is 9.59 Å². The van der Waals surface area contributed by atoms with Crippen molar-refractivity contribution in [2.75, 3.05) is 31.8 Å². The van der Waals surface area contributed by atoms with E-state index in [-0.39, 0.29) is 0 Å². The van der Waals surface area contributed by atoms with Crippen molar-refractivity contribution in [1.29, 1.82) is 0 Å². The summed E-state index contributed by atoms with van der Waals surface area (Å²) in [5, 5.41) is 19.2. The molecule has 9 heteroatoms. The number of hydrogen-bond acceptors (Lipinski definition) is 7. The molecule has 0 unspecified atom stereocenters. The topological polar surface area (TPSA) is 105 Å². The van der Waals surface area contributed by atoms with E-state index < -0.39 is 11.9 Å². The number of carbonyl (C=O) groups is 2. The van der Waals surface area contributed by atoms with E-state index in [1.165, 1.54) is 9.79 Å². The summed E-state index contributed by atoms with van der Waals surface area (Å²) in [6.07, 6.45) is 2.24. The number of fused-ring (bicyclic) bond motifs is 1. The second-order valence-electron chi connectivity index (χ2n) is 6.58. The number of rotatable bonds is 9. The molecule has 2 aromatic rings. The smallest absolute Gasteiger partial charge is 0.328 e. The number of ether oxygens (including phenoxy) is 2. The lowest BCUT2D eigenvalue weighted by Gasteiger charge is -2.15. The SMILES string of the molecule is COc1ccccc1SCCCN[C@@H]1COc2ccccc2SC1.O=C(O)/C=C\C(=O)O. The Hall–Kier alpha value is -2.62. The summed E-state index contributed by atoms with van der Waals surface area (Å²) in [7, 11) is 1.72. The number of nitrogens with one attached hydrogen (secondary N) is 1. The molecule has 0 aromatic heterocycles. The summed E-state index contributed by atoms with van der Waals surface area (Å²) < 4.78 is 11.3. The first-order valence-corrected chi connectivity index (χ1v) is 11.9. The van der Waals surface area contributed by atoms with Gasteiger partial charge in [0.25, 0.3) is 0 Å². The van der Waals surface area contributed by atoms with Crippen LogP contribution in [0.15, 0.2) is 70.5 Å². The minimum absolute atomic E-state index is 0.402. The highest BCUT2D eigenvalue weighted by Gasteiger charge is 2.16. The van der Waals surface area contributed by atoms with Crippen LogP contribution in [-0.2, 0) is 9.59 Å². The molecule has 0 fully saturated rings. The zero-order valence-corrected chi connectivity index (χ0v) is 19.4. The number of thioether (sulfide) groups is 2. The number of para-hydroxylation sites is 2. The Labute approximate surface area is 196 Å². The van der Waals surface area contributed by atoms with E-state index in [0.29, 0.717) is 18.2 Å². The molecule has 1 heterocycles. The van der Waals surface area contributed by atoms with Gasteiger partial charge in [-0.3, -0.25) is 0 Å². The lowest BCUT2D eigenvalue weighted by molar-refractivity contribution is -0.134. The van der Waals surface area contributed by atoms with Crippen molar-refractivity contribution in [3.63, 3.8) is 0 Å². The molecule has 3 rings (SSSR count). The Morgan fingerprint density at radius 2 is 1.84 bits per heavy atom. The summed E-state index contributed by atoms with van der Waals surface area (Å²) in [5.74, 6) is 1.59. The first-order valence-electron chi connectivity index (χ1n) is 9.97. The van der Waals surface area contributed by atoms with Gasteiger partial charge >= 0.3 is 11.9 Å². The van der Waals surface area contributed by atoms with Gasteiger partial charge in [0.15, 0.2) is 0 Å². The van der Waals surface area contributed by atoms with Gasteiger partial charge in [0, 0.05) is 27.7 Å². The second kappa shape index (κ2) is 14.4. The Kier molecular flexibility index (Phi) is 11.6. The van der Waals surface area contributed by atoms with Gasteiger partial charge < -0.3 is 25.0 Å². The second-order valence-corrected chi connectivity index (χ2v) is 8.78. The van der Waals surface area contributed by atoms with Crippen molar-refractivity contribution in [2.45, 2.75) is 22.3 Å². The molecular formula is C23H27NO6S2. The summed E-state index contributed by atoms with van der Waals surface area (Å²) in [4.78, 5) is 21.6. The van der Waals surface area contributed by atoms with E-state index >= 15 is 0 Å². The van der Waals surface area contributed by atoms with Crippen molar-refractivity contribution in [2.24, 2.45) is 0 Å². The summed E-state index contributed by atoms with van der Waals surface area (Å²) in [6.45, 7) is 1.75. The minimum Gasteiger partial charge on any atom is -0.496 e. The minimum atomic E-state index is -1.26. The molecule has 32 heavy (non-hydrogen) atoms. The van der Waals surface area contributed by atoms with E-state index in [1.807, 2.05) is 41.7 Å². The van der Waals surface area contributed by atoms with Crippen molar-refractivity contribution < 1.29 is 29.3 Å². The molecule has 0 saturated heterocycles. The standard InChI is InChI=1S/C19H23NO2S2.C4H4O4/c1-21-16-7-2-4-9-18(16)23-12-6-11-20-15-13-22-17-8-3-5-10-19(17)24-14-15;5-3(6)1-2-4(7)8/h2-5,7-10,15,20H,6,11-14H2,1H3;1-2H,(H,5,6)(H,7,8)/b;2-1-/t15-;/m1./s1. The fraction of sp³-hybridized carbons (Fsp3) is 0.304. The van der Waals surface area contributed by atoms with Gasteiger partial charge in [-0.1, -0.05) is 24.3 Å². The average Bonchev–Trinajstić information content (AvgIpc) is 3.01. The van der Waals surface area contributed by atoms with E-state index in [1.54, 1.807) is 7.11 Å². The molecule has 1 aliphatic heterocycles. The van der Waals surface area contributed by atoms with Gasteiger partial charge in [0.1, 0.15) is 18.1 Å². The van der Waals surface area contributed by atoms with Crippen molar-refractivity contribution in [3.05, 3.63) is 60.7 Å². The van der Waals surface area contributed by atoms with Crippen LogP contribution < -0.4 is 14.8 Å². The number of hydrogen-bond donors (Lipinski definition) is 3. The van der Waals surface area contributed by atoms with Crippen LogP contribution in [0.1, 0.15) is 6.42 Å². The highest BCUT2D eigenvalue weighted by Crippen LogP contribution is 2.32. The molecule has 0 bridgehead atoms. The molecule has 0 spiro atoms. The first-order chi connectivity index (χ1) is 15.5. The number of methoxy groups -OCH3 is 1. The Bertz CT molecular complexity index is 863. The summed E-state index contributed by atoms with van der Waals surface area (Å²) >= 11 is 3.72. The lowest BCUT2D eigenvalue weighted by Crippen LogP contribution is -2.36. The van der Waals surface area contributed by atoms with Gasteiger partial charge in [-0.2, -0.15) is 0 Å². The van der Waals surface area contributed by atoms with Crippen LogP contribution >= 0.6 is 23.5 Å². The lowest BCUT2D eigenvalue weighted by atomic mass is 10.3. The Balaban J connectivity index is 0.000000390. The number of carboxylic acid groups (broad SMARTS) is 2. The maximum absolute atomic E-state index is 9.55. The van der Waals surface area contributed by atoms with E-state index in [9.17, 15) is 9.59 Å². The molecule has 0 aliphatic carbocycles. The molecule has 7 nitrogen and oxygen atoms in total. The number of carboxylic acids is 2. The maximum Gasteiger partial charge on any atom is 0.328 e.